The minimum Gasteiger partial charge on any atom is -0.467 e. The molecule has 0 bridgehead atoms. The highest BCUT2D eigenvalue weighted by Gasteiger charge is 2.08. The number of carbonyl (C=O) groups excluding carboxylic acids is 1. The summed E-state index contributed by atoms with van der Waals surface area (Å²) in [6, 6.07) is 13.6. The van der Waals surface area contributed by atoms with Crippen molar-refractivity contribution in [3.63, 3.8) is 0 Å². The van der Waals surface area contributed by atoms with E-state index in [1.54, 1.807) is 30.8 Å². The number of hydrogen-bond donors (Lipinski definition) is 2. The minimum absolute atomic E-state index is 0.191. The maximum absolute atomic E-state index is 12.2. The van der Waals surface area contributed by atoms with Crippen LogP contribution in [0.4, 0.5) is 11.4 Å². The van der Waals surface area contributed by atoms with Crippen LogP contribution in [0, 0.1) is 0 Å². The maximum Gasteiger partial charge on any atom is 0.253 e. The Balaban J connectivity index is 1.65. The van der Waals surface area contributed by atoms with E-state index in [0.717, 1.165) is 17.8 Å². The van der Waals surface area contributed by atoms with Crippen molar-refractivity contribution in [2.45, 2.75) is 19.9 Å². The molecule has 2 aromatic heterocycles. The Morgan fingerprint density at radius 2 is 1.96 bits per heavy atom. The molecule has 0 fully saturated rings. The lowest BCUT2D eigenvalue weighted by molar-refractivity contribution is 0.0947. The van der Waals surface area contributed by atoms with Gasteiger partial charge in [-0.05, 0) is 42.3 Å². The number of amides is 1. The summed E-state index contributed by atoms with van der Waals surface area (Å²) in [4.78, 5) is 16.3. The number of pyridine rings is 1. The van der Waals surface area contributed by atoms with Crippen molar-refractivity contribution in [3.8, 4) is 0 Å². The molecule has 0 aliphatic rings. The van der Waals surface area contributed by atoms with E-state index in [-0.39, 0.29) is 5.91 Å². The van der Waals surface area contributed by atoms with Crippen molar-refractivity contribution in [1.82, 2.24) is 10.3 Å². The molecule has 3 rings (SSSR count). The first-order chi connectivity index (χ1) is 11.7. The molecule has 122 valence electrons. The Bertz CT molecular complexity index is 796. The first-order valence-corrected chi connectivity index (χ1v) is 7.86. The summed E-state index contributed by atoms with van der Waals surface area (Å²) in [5, 5.41) is 6.07. The molecule has 2 heterocycles. The van der Waals surface area contributed by atoms with Crippen LogP contribution in [0.2, 0.25) is 0 Å². The highest BCUT2D eigenvalue weighted by atomic mass is 16.3. The molecule has 0 spiro atoms. The molecule has 0 atom stereocenters. The largest absolute Gasteiger partial charge is 0.467 e. The van der Waals surface area contributed by atoms with Crippen LogP contribution in [0.5, 0.6) is 0 Å². The van der Waals surface area contributed by atoms with E-state index in [4.69, 9.17) is 4.42 Å². The number of aryl methyl sites for hydroxylation is 1. The van der Waals surface area contributed by atoms with Gasteiger partial charge in [-0.25, -0.2) is 0 Å². The SMILES string of the molecule is CCc1ccc(Nc2cncc(C(=O)NCc3ccco3)c2)cc1. The van der Waals surface area contributed by atoms with E-state index >= 15 is 0 Å². The number of anilines is 2. The average molecular weight is 321 g/mol. The van der Waals surface area contributed by atoms with Crippen LogP contribution in [0.25, 0.3) is 0 Å². The number of nitrogens with zero attached hydrogens (tertiary/aromatic N) is 1. The van der Waals surface area contributed by atoms with Gasteiger partial charge in [0.25, 0.3) is 5.91 Å². The van der Waals surface area contributed by atoms with E-state index in [1.807, 2.05) is 18.2 Å². The molecular formula is C19H19N3O2. The van der Waals surface area contributed by atoms with Crippen molar-refractivity contribution in [3.05, 3.63) is 78.0 Å². The van der Waals surface area contributed by atoms with E-state index in [0.29, 0.717) is 17.9 Å². The van der Waals surface area contributed by atoms with Crippen LogP contribution in [0.1, 0.15) is 28.6 Å². The maximum atomic E-state index is 12.2. The predicted molar refractivity (Wildman–Crippen MR) is 93.2 cm³/mol. The lowest BCUT2D eigenvalue weighted by Gasteiger charge is -2.09. The molecule has 0 aliphatic heterocycles. The van der Waals surface area contributed by atoms with Gasteiger partial charge in [0.15, 0.2) is 0 Å². The van der Waals surface area contributed by atoms with Crippen LogP contribution in [-0.2, 0) is 13.0 Å². The van der Waals surface area contributed by atoms with Crippen molar-refractivity contribution in [2.24, 2.45) is 0 Å². The smallest absolute Gasteiger partial charge is 0.253 e. The van der Waals surface area contributed by atoms with Gasteiger partial charge in [-0.2, -0.15) is 0 Å². The zero-order chi connectivity index (χ0) is 16.8. The topological polar surface area (TPSA) is 67.2 Å². The zero-order valence-corrected chi connectivity index (χ0v) is 13.5. The van der Waals surface area contributed by atoms with Crippen LogP contribution in [0.15, 0.2) is 65.5 Å². The second-order valence-corrected chi connectivity index (χ2v) is 5.40. The lowest BCUT2D eigenvalue weighted by Crippen LogP contribution is -2.22. The summed E-state index contributed by atoms with van der Waals surface area (Å²) in [7, 11) is 0. The molecule has 2 N–H and O–H groups in total. The molecule has 1 aromatic carbocycles. The highest BCUT2D eigenvalue weighted by Crippen LogP contribution is 2.17. The number of benzene rings is 1. The molecule has 0 saturated heterocycles. The fraction of sp³-hybridized carbons (Fsp3) is 0.158. The van der Waals surface area contributed by atoms with Gasteiger partial charge in [-0.15, -0.1) is 0 Å². The monoisotopic (exact) mass is 321 g/mol. The first-order valence-electron chi connectivity index (χ1n) is 7.86. The predicted octanol–water partition coefficient (Wildman–Crippen LogP) is 3.91. The third kappa shape index (κ3) is 4.01. The van der Waals surface area contributed by atoms with E-state index in [1.165, 1.54) is 5.56 Å². The summed E-state index contributed by atoms with van der Waals surface area (Å²) >= 11 is 0. The normalized spacial score (nSPS) is 10.4. The fourth-order valence-electron chi connectivity index (χ4n) is 2.31. The average Bonchev–Trinajstić information content (AvgIpc) is 3.14. The van der Waals surface area contributed by atoms with Crippen molar-refractivity contribution < 1.29 is 9.21 Å². The first kappa shape index (κ1) is 15.8. The van der Waals surface area contributed by atoms with Crippen molar-refractivity contribution in [2.75, 3.05) is 5.32 Å². The molecule has 0 saturated carbocycles. The molecule has 1 amide bonds. The van der Waals surface area contributed by atoms with Crippen molar-refractivity contribution in [1.29, 1.82) is 0 Å². The van der Waals surface area contributed by atoms with Crippen molar-refractivity contribution >= 4 is 17.3 Å². The zero-order valence-electron chi connectivity index (χ0n) is 13.5. The fourth-order valence-corrected chi connectivity index (χ4v) is 2.31. The molecular weight excluding hydrogens is 302 g/mol. The third-order valence-corrected chi connectivity index (χ3v) is 3.65. The quantitative estimate of drug-likeness (QED) is 0.722. The van der Waals surface area contributed by atoms with E-state index in [9.17, 15) is 4.79 Å². The lowest BCUT2D eigenvalue weighted by atomic mass is 10.1. The Labute approximate surface area is 140 Å². The number of rotatable bonds is 6. The van der Waals surface area contributed by atoms with Gasteiger partial charge in [-0.1, -0.05) is 19.1 Å². The number of carbonyl (C=O) groups is 1. The van der Waals surface area contributed by atoms with Gasteiger partial charge in [0.1, 0.15) is 5.76 Å². The molecule has 5 nitrogen and oxygen atoms in total. The van der Waals surface area contributed by atoms with Gasteiger partial charge in [-0.3, -0.25) is 9.78 Å². The molecule has 24 heavy (non-hydrogen) atoms. The summed E-state index contributed by atoms with van der Waals surface area (Å²) in [5.74, 6) is 0.519. The Hall–Kier alpha value is -3.08. The summed E-state index contributed by atoms with van der Waals surface area (Å²) in [6.07, 6.45) is 5.82. The summed E-state index contributed by atoms with van der Waals surface area (Å²) in [5.41, 5.74) is 3.51. The van der Waals surface area contributed by atoms with E-state index < -0.39 is 0 Å². The second-order valence-electron chi connectivity index (χ2n) is 5.40. The number of hydrogen-bond acceptors (Lipinski definition) is 4. The highest BCUT2D eigenvalue weighted by molar-refractivity contribution is 5.94. The number of furan rings is 1. The molecule has 0 aliphatic carbocycles. The molecule has 0 unspecified atom stereocenters. The number of nitrogens with one attached hydrogen (secondary N) is 2. The van der Waals surface area contributed by atoms with Crippen LogP contribution >= 0.6 is 0 Å². The van der Waals surface area contributed by atoms with E-state index in [2.05, 4.69) is 34.7 Å². The van der Waals surface area contributed by atoms with Crippen LogP contribution in [-0.4, -0.2) is 10.9 Å². The second kappa shape index (κ2) is 7.46. The van der Waals surface area contributed by atoms with Gasteiger partial charge in [0, 0.05) is 11.9 Å². The minimum atomic E-state index is -0.191. The van der Waals surface area contributed by atoms with Gasteiger partial charge >= 0.3 is 0 Å². The molecule has 0 radical (unpaired) electrons. The third-order valence-electron chi connectivity index (χ3n) is 3.65. The summed E-state index contributed by atoms with van der Waals surface area (Å²) < 4.78 is 5.20. The standard InChI is InChI=1S/C19H19N3O2/c1-2-14-5-7-16(8-6-14)22-17-10-15(11-20-12-17)19(23)21-13-18-4-3-9-24-18/h3-12,22H,2,13H2,1H3,(H,21,23). The van der Waals surface area contributed by atoms with Gasteiger partial charge in [0.2, 0.25) is 0 Å². The van der Waals surface area contributed by atoms with Gasteiger partial charge in [0.05, 0.1) is 30.3 Å². The Kier molecular flexibility index (Phi) is 4.91. The van der Waals surface area contributed by atoms with Gasteiger partial charge < -0.3 is 15.1 Å². The van der Waals surface area contributed by atoms with Crippen LogP contribution < -0.4 is 10.6 Å². The molecule has 3 aromatic rings. The van der Waals surface area contributed by atoms with Crippen LogP contribution in [0.3, 0.4) is 0 Å². The molecule has 5 heteroatoms. The Morgan fingerprint density at radius 1 is 1.12 bits per heavy atom. The Morgan fingerprint density at radius 3 is 2.67 bits per heavy atom. The number of aromatic nitrogens is 1. The summed E-state index contributed by atoms with van der Waals surface area (Å²) in [6.45, 7) is 2.47.